The summed E-state index contributed by atoms with van der Waals surface area (Å²) in [6, 6.07) is 5.79. The third kappa shape index (κ3) is 3.74. The Morgan fingerprint density at radius 1 is 1.29 bits per heavy atom. The molecule has 0 aliphatic heterocycles. The van der Waals surface area contributed by atoms with Crippen molar-refractivity contribution in [1.29, 1.82) is 0 Å². The van der Waals surface area contributed by atoms with Gasteiger partial charge >= 0.3 is 6.03 Å². The predicted octanol–water partition coefficient (Wildman–Crippen LogP) is 1.63. The van der Waals surface area contributed by atoms with E-state index < -0.39 is 5.41 Å². The van der Waals surface area contributed by atoms with Gasteiger partial charge in [-0.25, -0.2) is 4.79 Å². The minimum absolute atomic E-state index is 0.167. The van der Waals surface area contributed by atoms with Gasteiger partial charge in [-0.05, 0) is 42.5 Å². The van der Waals surface area contributed by atoms with Gasteiger partial charge in [0, 0.05) is 24.7 Å². The van der Waals surface area contributed by atoms with Crippen LogP contribution in [0.4, 0.5) is 10.5 Å². The maximum Gasteiger partial charge on any atom is 0.321 e. The number of rotatable bonds is 5. The number of anilines is 1. The third-order valence-corrected chi connectivity index (χ3v) is 4.08. The van der Waals surface area contributed by atoms with Gasteiger partial charge in [-0.1, -0.05) is 13.0 Å². The number of carbonyl (C=O) groups is 1. The summed E-state index contributed by atoms with van der Waals surface area (Å²) < 4.78 is 0. The molecule has 0 radical (unpaired) electrons. The van der Waals surface area contributed by atoms with Crippen molar-refractivity contribution in [3.8, 4) is 0 Å². The van der Waals surface area contributed by atoms with E-state index in [1.54, 1.807) is 14.0 Å². The van der Waals surface area contributed by atoms with Crippen molar-refractivity contribution in [2.75, 3.05) is 32.1 Å². The van der Waals surface area contributed by atoms with Crippen molar-refractivity contribution in [2.24, 2.45) is 5.41 Å². The molecular formula is C16H24N2O3. The molecule has 5 heteroatoms. The molecule has 0 bridgehead atoms. The molecule has 0 saturated carbocycles. The largest absolute Gasteiger partial charge is 0.396 e. The van der Waals surface area contributed by atoms with Crippen LogP contribution in [0, 0.1) is 5.41 Å². The molecule has 2 amide bonds. The van der Waals surface area contributed by atoms with E-state index in [9.17, 15) is 15.0 Å². The number of nitrogens with zero attached hydrogens (tertiary/aromatic N) is 1. The second-order valence-corrected chi connectivity index (χ2v) is 6.25. The van der Waals surface area contributed by atoms with Gasteiger partial charge in [0.15, 0.2) is 0 Å². The lowest BCUT2D eigenvalue weighted by molar-refractivity contribution is 0.0509. The molecule has 21 heavy (non-hydrogen) atoms. The molecule has 0 atom stereocenters. The molecule has 0 aromatic heterocycles. The molecular weight excluding hydrogens is 268 g/mol. The number of hydrogen-bond donors (Lipinski definition) is 3. The summed E-state index contributed by atoms with van der Waals surface area (Å²) in [6.07, 6.45) is 3.37. The van der Waals surface area contributed by atoms with Gasteiger partial charge in [0.2, 0.25) is 0 Å². The molecule has 1 aromatic carbocycles. The molecule has 2 rings (SSSR count). The summed E-state index contributed by atoms with van der Waals surface area (Å²) in [6.45, 7) is 1.70. The van der Waals surface area contributed by atoms with E-state index in [2.05, 4.69) is 11.4 Å². The highest BCUT2D eigenvalue weighted by molar-refractivity contribution is 5.89. The highest BCUT2D eigenvalue weighted by Crippen LogP contribution is 2.25. The predicted molar refractivity (Wildman–Crippen MR) is 82.4 cm³/mol. The van der Waals surface area contributed by atoms with Gasteiger partial charge in [0.05, 0.1) is 13.2 Å². The zero-order chi connectivity index (χ0) is 15.5. The van der Waals surface area contributed by atoms with Crippen LogP contribution in [0.15, 0.2) is 18.2 Å². The summed E-state index contributed by atoms with van der Waals surface area (Å²) in [4.78, 5) is 13.7. The fourth-order valence-electron chi connectivity index (χ4n) is 2.66. The number of amides is 2. The summed E-state index contributed by atoms with van der Waals surface area (Å²) in [5.74, 6) is 0. The summed E-state index contributed by atoms with van der Waals surface area (Å²) in [5.41, 5.74) is 2.78. The van der Waals surface area contributed by atoms with Gasteiger partial charge in [-0.15, -0.1) is 0 Å². The van der Waals surface area contributed by atoms with E-state index in [1.165, 1.54) is 22.4 Å². The third-order valence-electron chi connectivity index (χ3n) is 4.08. The topological polar surface area (TPSA) is 72.8 Å². The van der Waals surface area contributed by atoms with E-state index >= 15 is 0 Å². The van der Waals surface area contributed by atoms with Crippen LogP contribution in [0.25, 0.3) is 0 Å². The number of aliphatic hydroxyl groups excluding tert-OH is 2. The van der Waals surface area contributed by atoms with E-state index in [4.69, 9.17) is 0 Å². The van der Waals surface area contributed by atoms with Crippen LogP contribution in [-0.2, 0) is 12.8 Å². The Bertz CT molecular complexity index is 512. The zero-order valence-electron chi connectivity index (χ0n) is 12.7. The van der Waals surface area contributed by atoms with Crippen molar-refractivity contribution < 1.29 is 15.0 Å². The first-order valence-electron chi connectivity index (χ1n) is 7.33. The monoisotopic (exact) mass is 292 g/mol. The normalized spacial score (nSPS) is 13.9. The zero-order valence-corrected chi connectivity index (χ0v) is 12.7. The lowest BCUT2D eigenvalue weighted by Gasteiger charge is -2.30. The number of aliphatic hydroxyl groups is 2. The highest BCUT2D eigenvalue weighted by Gasteiger charge is 2.26. The molecule has 1 aliphatic carbocycles. The minimum Gasteiger partial charge on any atom is -0.396 e. The van der Waals surface area contributed by atoms with E-state index in [-0.39, 0.29) is 25.8 Å². The highest BCUT2D eigenvalue weighted by atomic mass is 16.3. The minimum atomic E-state index is -0.690. The Kier molecular flexibility index (Phi) is 4.85. The summed E-state index contributed by atoms with van der Waals surface area (Å²) in [5, 5.41) is 21.5. The van der Waals surface area contributed by atoms with Crippen molar-refractivity contribution in [3.63, 3.8) is 0 Å². The Morgan fingerprint density at radius 3 is 2.62 bits per heavy atom. The fourth-order valence-corrected chi connectivity index (χ4v) is 2.66. The molecule has 0 spiro atoms. The Balaban J connectivity index is 1.97. The van der Waals surface area contributed by atoms with E-state index in [0.717, 1.165) is 18.5 Å². The number of nitrogens with one attached hydrogen (secondary N) is 1. The van der Waals surface area contributed by atoms with E-state index in [1.807, 2.05) is 12.1 Å². The molecule has 3 N–H and O–H groups in total. The standard InChI is InChI=1S/C16H24N2O3/c1-16(10-19,11-20)9-18(2)15(21)17-14-7-6-12-4-3-5-13(12)8-14/h6-8,19-20H,3-5,9-11H2,1-2H3,(H,17,21). The SMILES string of the molecule is CN(CC(C)(CO)CO)C(=O)Nc1ccc2c(c1)CCC2. The van der Waals surface area contributed by atoms with E-state index in [0.29, 0.717) is 0 Å². The van der Waals surface area contributed by atoms with Crippen molar-refractivity contribution in [1.82, 2.24) is 4.90 Å². The Hall–Kier alpha value is -1.59. The molecule has 0 saturated heterocycles. The first-order valence-corrected chi connectivity index (χ1v) is 7.33. The van der Waals surface area contributed by atoms with Gasteiger partial charge in [0.25, 0.3) is 0 Å². The number of aryl methyl sites for hydroxylation is 2. The van der Waals surface area contributed by atoms with Gasteiger partial charge in [0.1, 0.15) is 0 Å². The van der Waals surface area contributed by atoms with Crippen LogP contribution >= 0.6 is 0 Å². The second-order valence-electron chi connectivity index (χ2n) is 6.25. The van der Waals surface area contributed by atoms with Crippen LogP contribution in [0.2, 0.25) is 0 Å². The number of carbonyl (C=O) groups excluding carboxylic acids is 1. The van der Waals surface area contributed by atoms with Crippen LogP contribution < -0.4 is 5.32 Å². The van der Waals surface area contributed by atoms with Gasteiger partial charge in [-0.3, -0.25) is 0 Å². The van der Waals surface area contributed by atoms with Crippen molar-refractivity contribution >= 4 is 11.7 Å². The number of hydrogen-bond acceptors (Lipinski definition) is 3. The lowest BCUT2D eigenvalue weighted by Crippen LogP contribution is -2.43. The molecule has 5 nitrogen and oxygen atoms in total. The smallest absolute Gasteiger partial charge is 0.321 e. The first kappa shape index (κ1) is 15.8. The molecule has 116 valence electrons. The molecule has 0 unspecified atom stereocenters. The van der Waals surface area contributed by atoms with Crippen molar-refractivity contribution in [2.45, 2.75) is 26.2 Å². The second kappa shape index (κ2) is 6.45. The van der Waals surface area contributed by atoms with Crippen LogP contribution in [0.1, 0.15) is 24.5 Å². The number of urea groups is 1. The maximum atomic E-state index is 12.2. The molecule has 1 aromatic rings. The average Bonchev–Trinajstić information content (AvgIpc) is 2.94. The molecule has 1 aliphatic rings. The van der Waals surface area contributed by atoms with Crippen LogP contribution in [-0.4, -0.2) is 48.0 Å². The fraction of sp³-hybridized carbons (Fsp3) is 0.562. The van der Waals surface area contributed by atoms with Crippen LogP contribution in [0.3, 0.4) is 0 Å². The van der Waals surface area contributed by atoms with Gasteiger partial charge in [-0.2, -0.15) is 0 Å². The average molecular weight is 292 g/mol. The molecule has 0 heterocycles. The maximum absolute atomic E-state index is 12.2. The summed E-state index contributed by atoms with van der Waals surface area (Å²) >= 11 is 0. The lowest BCUT2D eigenvalue weighted by atomic mass is 9.92. The number of benzene rings is 1. The quantitative estimate of drug-likeness (QED) is 0.772. The molecule has 0 fully saturated rings. The van der Waals surface area contributed by atoms with Crippen LogP contribution in [0.5, 0.6) is 0 Å². The summed E-state index contributed by atoms with van der Waals surface area (Å²) in [7, 11) is 1.66. The number of fused-ring (bicyclic) bond motifs is 1. The first-order chi connectivity index (χ1) is 9.97. The Morgan fingerprint density at radius 2 is 1.95 bits per heavy atom. The Labute approximate surface area is 125 Å². The van der Waals surface area contributed by atoms with Crippen molar-refractivity contribution in [3.05, 3.63) is 29.3 Å². The van der Waals surface area contributed by atoms with Gasteiger partial charge < -0.3 is 20.4 Å².